The smallest absolute Gasteiger partial charge is 0.143 e. The van der Waals surface area contributed by atoms with Crippen LogP contribution in [0, 0.1) is 6.07 Å². The van der Waals surface area contributed by atoms with Crippen LogP contribution in [0.4, 0.5) is 5.69 Å². The third kappa shape index (κ3) is 3.50. The van der Waals surface area contributed by atoms with Crippen molar-refractivity contribution in [3.63, 3.8) is 0 Å². The maximum absolute atomic E-state index is 5.68. The van der Waals surface area contributed by atoms with Crippen molar-refractivity contribution in [2.75, 3.05) is 18.1 Å². The van der Waals surface area contributed by atoms with Crippen LogP contribution in [-0.2, 0) is 6.54 Å². The summed E-state index contributed by atoms with van der Waals surface area (Å²) >= 11 is 0. The summed E-state index contributed by atoms with van der Waals surface area (Å²) < 4.78 is 5.68. The molecule has 2 heteroatoms. The minimum absolute atomic E-state index is 0.674. The number of benzene rings is 2. The molecule has 0 saturated heterocycles. The van der Waals surface area contributed by atoms with Crippen LogP contribution in [0.5, 0.6) is 5.75 Å². The van der Waals surface area contributed by atoms with Gasteiger partial charge in [-0.05, 0) is 25.5 Å². The third-order valence-electron chi connectivity index (χ3n) is 3.01. The zero-order chi connectivity index (χ0) is 13.5. The molecular weight excluding hydrogens is 234 g/mol. The normalized spacial score (nSPS) is 10.2. The maximum atomic E-state index is 5.68. The second-order valence-corrected chi connectivity index (χ2v) is 4.32. The molecule has 99 valence electrons. The fraction of sp³-hybridized carbons (Fsp3) is 0.294. The van der Waals surface area contributed by atoms with Gasteiger partial charge in [0.1, 0.15) is 5.75 Å². The molecule has 0 heterocycles. The van der Waals surface area contributed by atoms with E-state index < -0.39 is 0 Å². The van der Waals surface area contributed by atoms with Gasteiger partial charge in [-0.3, -0.25) is 0 Å². The predicted molar refractivity (Wildman–Crippen MR) is 79.6 cm³/mol. The Hall–Kier alpha value is -1.96. The Kier molecular flexibility index (Phi) is 4.85. The second kappa shape index (κ2) is 6.83. The monoisotopic (exact) mass is 254 g/mol. The van der Waals surface area contributed by atoms with Crippen LogP contribution in [0.25, 0.3) is 0 Å². The van der Waals surface area contributed by atoms with Crippen molar-refractivity contribution in [3.05, 3.63) is 60.2 Å². The quantitative estimate of drug-likeness (QED) is 0.775. The zero-order valence-corrected chi connectivity index (χ0v) is 11.6. The van der Waals surface area contributed by atoms with Gasteiger partial charge in [-0.2, -0.15) is 0 Å². The van der Waals surface area contributed by atoms with Gasteiger partial charge in [0.15, 0.2) is 0 Å². The van der Waals surface area contributed by atoms with Crippen LogP contribution < -0.4 is 9.64 Å². The van der Waals surface area contributed by atoms with Crippen LogP contribution in [0.1, 0.15) is 19.4 Å². The molecule has 2 rings (SSSR count). The van der Waals surface area contributed by atoms with Gasteiger partial charge in [0.05, 0.1) is 12.3 Å². The lowest BCUT2D eigenvalue weighted by Gasteiger charge is -2.25. The average Bonchev–Trinajstić information content (AvgIpc) is 2.47. The molecule has 0 saturated carbocycles. The van der Waals surface area contributed by atoms with Gasteiger partial charge >= 0.3 is 0 Å². The molecular formula is C17H20NO. The Morgan fingerprint density at radius 3 is 2.53 bits per heavy atom. The Balaban J connectivity index is 2.22. The summed E-state index contributed by atoms with van der Waals surface area (Å²) in [7, 11) is 0. The first-order valence-corrected chi connectivity index (χ1v) is 6.77. The minimum Gasteiger partial charge on any atom is -0.492 e. The maximum Gasteiger partial charge on any atom is 0.143 e. The number of rotatable bonds is 6. The standard InChI is InChI=1S/C17H20NO/c1-3-18(14-15-10-6-5-7-11-15)16-12-8-9-13-17(16)19-4-2/h5-11,13H,3-4,14H2,1-2H3. The first-order chi connectivity index (χ1) is 9.35. The highest BCUT2D eigenvalue weighted by Crippen LogP contribution is 2.28. The highest BCUT2D eigenvalue weighted by molar-refractivity contribution is 5.57. The van der Waals surface area contributed by atoms with Crippen molar-refractivity contribution < 1.29 is 4.74 Å². The minimum atomic E-state index is 0.674. The van der Waals surface area contributed by atoms with Gasteiger partial charge in [-0.15, -0.1) is 0 Å². The van der Waals surface area contributed by atoms with E-state index in [-0.39, 0.29) is 0 Å². The molecule has 19 heavy (non-hydrogen) atoms. The number of hydrogen-bond donors (Lipinski definition) is 0. The molecule has 0 bridgehead atoms. The van der Waals surface area contributed by atoms with Gasteiger partial charge < -0.3 is 9.64 Å². The highest BCUT2D eigenvalue weighted by Gasteiger charge is 2.10. The Morgan fingerprint density at radius 1 is 1.05 bits per heavy atom. The van der Waals surface area contributed by atoms with E-state index in [0.29, 0.717) is 6.61 Å². The molecule has 2 nitrogen and oxygen atoms in total. The number of hydrogen-bond acceptors (Lipinski definition) is 2. The van der Waals surface area contributed by atoms with E-state index in [1.54, 1.807) is 0 Å². The molecule has 0 N–H and O–H groups in total. The van der Waals surface area contributed by atoms with Crippen LogP contribution >= 0.6 is 0 Å². The average molecular weight is 254 g/mol. The van der Waals surface area contributed by atoms with Crippen molar-refractivity contribution >= 4 is 5.69 Å². The van der Waals surface area contributed by atoms with Gasteiger partial charge in [0.25, 0.3) is 0 Å². The Labute approximate surface area is 115 Å². The lowest BCUT2D eigenvalue weighted by Crippen LogP contribution is -2.22. The molecule has 0 unspecified atom stereocenters. The summed E-state index contributed by atoms with van der Waals surface area (Å²) in [5.41, 5.74) is 2.33. The van der Waals surface area contributed by atoms with E-state index in [9.17, 15) is 0 Å². The van der Waals surface area contributed by atoms with Gasteiger partial charge in [-0.25, -0.2) is 0 Å². The third-order valence-corrected chi connectivity index (χ3v) is 3.01. The Bertz CT molecular complexity index is 496. The molecule has 0 aliphatic rings. The predicted octanol–water partition coefficient (Wildman–Crippen LogP) is 3.91. The largest absolute Gasteiger partial charge is 0.492 e. The number of ether oxygens (including phenoxy) is 1. The molecule has 0 aliphatic carbocycles. The molecule has 0 aliphatic heterocycles. The van der Waals surface area contributed by atoms with Crippen molar-refractivity contribution in [2.45, 2.75) is 20.4 Å². The van der Waals surface area contributed by atoms with Crippen LogP contribution in [0.15, 0.2) is 48.5 Å². The number of para-hydroxylation sites is 1. The first-order valence-electron chi connectivity index (χ1n) is 6.77. The first kappa shape index (κ1) is 13.5. The summed E-state index contributed by atoms with van der Waals surface area (Å²) in [6.45, 7) is 6.63. The van der Waals surface area contributed by atoms with E-state index in [1.807, 2.05) is 31.2 Å². The van der Waals surface area contributed by atoms with Gasteiger partial charge in [-0.1, -0.05) is 42.5 Å². The highest BCUT2D eigenvalue weighted by atomic mass is 16.5. The SMILES string of the molecule is CCOc1ccc[c]c1N(CC)Cc1ccccc1. The molecule has 2 aromatic rings. The summed E-state index contributed by atoms with van der Waals surface area (Å²) in [6.07, 6.45) is 0. The summed E-state index contributed by atoms with van der Waals surface area (Å²) in [5, 5.41) is 0. The number of nitrogens with zero attached hydrogens (tertiary/aromatic N) is 1. The van der Waals surface area contributed by atoms with Crippen molar-refractivity contribution in [1.29, 1.82) is 0 Å². The van der Waals surface area contributed by atoms with Gasteiger partial charge in [0.2, 0.25) is 0 Å². The molecule has 0 aromatic heterocycles. The summed E-state index contributed by atoms with van der Waals surface area (Å²) in [5.74, 6) is 0.905. The van der Waals surface area contributed by atoms with Crippen molar-refractivity contribution in [3.8, 4) is 5.75 Å². The van der Waals surface area contributed by atoms with E-state index >= 15 is 0 Å². The fourth-order valence-electron chi connectivity index (χ4n) is 2.08. The molecule has 0 fully saturated rings. The molecule has 2 aromatic carbocycles. The van der Waals surface area contributed by atoms with Crippen LogP contribution in [-0.4, -0.2) is 13.2 Å². The molecule has 1 radical (unpaired) electrons. The van der Waals surface area contributed by atoms with E-state index in [1.165, 1.54) is 5.56 Å². The van der Waals surface area contributed by atoms with Crippen molar-refractivity contribution in [2.24, 2.45) is 0 Å². The molecule has 0 spiro atoms. The van der Waals surface area contributed by atoms with E-state index in [4.69, 9.17) is 4.74 Å². The number of anilines is 1. The molecule has 0 atom stereocenters. The topological polar surface area (TPSA) is 12.5 Å². The van der Waals surface area contributed by atoms with Gasteiger partial charge in [0, 0.05) is 19.2 Å². The van der Waals surface area contributed by atoms with Crippen LogP contribution in [0.2, 0.25) is 0 Å². The van der Waals surface area contributed by atoms with E-state index in [2.05, 4.69) is 42.2 Å². The lowest BCUT2D eigenvalue weighted by molar-refractivity contribution is 0.340. The lowest BCUT2D eigenvalue weighted by atomic mass is 10.2. The van der Waals surface area contributed by atoms with E-state index in [0.717, 1.165) is 24.5 Å². The fourth-order valence-corrected chi connectivity index (χ4v) is 2.08. The van der Waals surface area contributed by atoms with Crippen molar-refractivity contribution in [1.82, 2.24) is 0 Å². The van der Waals surface area contributed by atoms with Crippen LogP contribution in [0.3, 0.4) is 0 Å². The Morgan fingerprint density at radius 2 is 1.84 bits per heavy atom. The summed E-state index contributed by atoms with van der Waals surface area (Å²) in [4.78, 5) is 2.28. The second-order valence-electron chi connectivity index (χ2n) is 4.32. The zero-order valence-electron chi connectivity index (χ0n) is 11.6. The molecule has 0 amide bonds. The summed E-state index contributed by atoms with van der Waals surface area (Å²) in [6, 6.07) is 19.7.